The van der Waals surface area contributed by atoms with Crippen LogP contribution in [0.4, 0.5) is 0 Å². The van der Waals surface area contributed by atoms with Crippen LogP contribution in [0, 0.1) is 5.41 Å². The minimum atomic E-state index is 0.000984. The topological polar surface area (TPSA) is 30.0 Å². The number of thiazole rings is 1. The quantitative estimate of drug-likeness (QED) is 0.674. The van der Waals surface area contributed by atoms with Crippen LogP contribution in [-0.2, 0) is 6.42 Å². The molecular formula is C15H13BrClNOS. The normalized spacial score (nSPS) is 17.1. The van der Waals surface area contributed by atoms with Gasteiger partial charge in [0.05, 0.1) is 10.6 Å². The molecule has 2 aromatic rings. The van der Waals surface area contributed by atoms with Crippen molar-refractivity contribution in [1.82, 2.24) is 4.98 Å². The van der Waals surface area contributed by atoms with E-state index in [1.165, 1.54) is 11.3 Å². The van der Waals surface area contributed by atoms with Crippen molar-refractivity contribution in [2.75, 3.05) is 0 Å². The summed E-state index contributed by atoms with van der Waals surface area (Å²) >= 11 is 11.0. The second-order valence-corrected chi connectivity index (χ2v) is 8.15. The fraction of sp³-hybridized carbons (Fsp3) is 0.333. The lowest BCUT2D eigenvalue weighted by molar-refractivity contribution is 0.0916. The summed E-state index contributed by atoms with van der Waals surface area (Å²) in [7, 11) is 0. The Balaban J connectivity index is 2.10. The molecule has 3 rings (SSSR count). The minimum Gasteiger partial charge on any atom is -0.293 e. The number of fused-ring (bicyclic) bond motifs is 1. The van der Waals surface area contributed by atoms with Crippen molar-refractivity contribution >= 4 is 44.7 Å². The van der Waals surface area contributed by atoms with Crippen molar-refractivity contribution < 1.29 is 4.79 Å². The SMILES string of the molecule is CC1(C)CC(=O)c2sc(-c3cc(Cl)ccc3Br)nc2C1. The van der Waals surface area contributed by atoms with Crippen LogP contribution < -0.4 is 0 Å². The molecule has 0 amide bonds. The Morgan fingerprint density at radius 2 is 2.10 bits per heavy atom. The first-order chi connectivity index (χ1) is 9.35. The third-order valence-electron chi connectivity index (χ3n) is 3.39. The van der Waals surface area contributed by atoms with Gasteiger partial charge in [0.1, 0.15) is 5.01 Å². The van der Waals surface area contributed by atoms with Gasteiger partial charge in [0.25, 0.3) is 0 Å². The Hall–Kier alpha value is -0.710. The molecule has 0 saturated heterocycles. The Kier molecular flexibility index (Phi) is 3.51. The van der Waals surface area contributed by atoms with E-state index in [1.54, 1.807) is 0 Å². The summed E-state index contributed by atoms with van der Waals surface area (Å²) < 4.78 is 0.944. The highest BCUT2D eigenvalue weighted by Gasteiger charge is 2.34. The number of nitrogens with zero attached hydrogens (tertiary/aromatic N) is 1. The lowest BCUT2D eigenvalue weighted by Gasteiger charge is -2.26. The van der Waals surface area contributed by atoms with Crippen LogP contribution in [0.1, 0.15) is 35.6 Å². The van der Waals surface area contributed by atoms with Crippen LogP contribution in [0.3, 0.4) is 0 Å². The van der Waals surface area contributed by atoms with E-state index < -0.39 is 0 Å². The first-order valence-electron chi connectivity index (χ1n) is 6.34. The molecule has 0 radical (unpaired) electrons. The molecule has 1 aliphatic carbocycles. The van der Waals surface area contributed by atoms with Crippen molar-refractivity contribution in [3.8, 4) is 10.6 Å². The lowest BCUT2D eigenvalue weighted by atomic mass is 9.78. The molecule has 2 nitrogen and oxygen atoms in total. The molecule has 0 atom stereocenters. The molecular weight excluding hydrogens is 358 g/mol. The van der Waals surface area contributed by atoms with E-state index in [0.717, 1.165) is 32.0 Å². The van der Waals surface area contributed by atoms with E-state index in [2.05, 4.69) is 34.8 Å². The minimum absolute atomic E-state index is 0.000984. The van der Waals surface area contributed by atoms with Crippen molar-refractivity contribution in [3.63, 3.8) is 0 Å². The molecule has 0 bridgehead atoms. The largest absolute Gasteiger partial charge is 0.293 e. The molecule has 0 fully saturated rings. The number of carbonyl (C=O) groups is 1. The number of benzene rings is 1. The Bertz CT molecular complexity index is 708. The van der Waals surface area contributed by atoms with Crippen LogP contribution in [0.25, 0.3) is 10.6 Å². The van der Waals surface area contributed by atoms with E-state index in [-0.39, 0.29) is 11.2 Å². The zero-order valence-corrected chi connectivity index (χ0v) is 14.3. The van der Waals surface area contributed by atoms with Crippen LogP contribution in [0.5, 0.6) is 0 Å². The van der Waals surface area contributed by atoms with Gasteiger partial charge in [-0.3, -0.25) is 4.79 Å². The van der Waals surface area contributed by atoms with Gasteiger partial charge in [-0.15, -0.1) is 11.3 Å². The van der Waals surface area contributed by atoms with Gasteiger partial charge in [-0.2, -0.15) is 0 Å². The molecule has 1 aromatic carbocycles. The summed E-state index contributed by atoms with van der Waals surface area (Å²) in [6, 6.07) is 5.62. The number of ketones is 1. The molecule has 0 aliphatic heterocycles. The first kappa shape index (κ1) is 14.2. The van der Waals surface area contributed by atoms with Crippen molar-refractivity contribution in [1.29, 1.82) is 0 Å². The maximum Gasteiger partial charge on any atom is 0.175 e. The van der Waals surface area contributed by atoms with Gasteiger partial charge >= 0.3 is 0 Å². The number of Topliss-reactive ketones (excluding diaryl/α,β-unsaturated/α-hetero) is 1. The number of halogens is 2. The average Bonchev–Trinajstić information content (AvgIpc) is 2.74. The van der Waals surface area contributed by atoms with Crippen molar-refractivity contribution in [2.45, 2.75) is 26.7 Å². The van der Waals surface area contributed by atoms with Gasteiger partial charge in [0, 0.05) is 21.5 Å². The molecule has 20 heavy (non-hydrogen) atoms. The summed E-state index contributed by atoms with van der Waals surface area (Å²) in [4.78, 5) is 17.7. The second kappa shape index (κ2) is 4.93. The fourth-order valence-corrected chi connectivity index (χ4v) is 4.28. The van der Waals surface area contributed by atoms with E-state index in [9.17, 15) is 4.79 Å². The van der Waals surface area contributed by atoms with Gasteiger partial charge in [-0.25, -0.2) is 4.98 Å². The van der Waals surface area contributed by atoms with Crippen LogP contribution in [0.15, 0.2) is 22.7 Å². The van der Waals surface area contributed by atoms with Crippen molar-refractivity contribution in [3.05, 3.63) is 38.3 Å². The highest BCUT2D eigenvalue weighted by molar-refractivity contribution is 9.10. The van der Waals surface area contributed by atoms with Crippen LogP contribution in [0.2, 0.25) is 5.02 Å². The molecule has 5 heteroatoms. The summed E-state index contributed by atoms with van der Waals surface area (Å²) in [5, 5.41) is 1.53. The number of aromatic nitrogens is 1. The molecule has 0 saturated carbocycles. The molecule has 0 unspecified atom stereocenters. The Labute approximate surface area is 135 Å². The number of hydrogen-bond donors (Lipinski definition) is 0. The smallest absolute Gasteiger partial charge is 0.175 e. The fourth-order valence-electron chi connectivity index (χ4n) is 2.50. The Morgan fingerprint density at radius 3 is 2.85 bits per heavy atom. The number of rotatable bonds is 1. The molecule has 1 heterocycles. The van der Waals surface area contributed by atoms with Crippen LogP contribution >= 0.6 is 38.9 Å². The predicted octanol–water partition coefficient (Wildman–Crippen LogP) is 5.38. The monoisotopic (exact) mass is 369 g/mol. The van der Waals surface area contributed by atoms with Gasteiger partial charge < -0.3 is 0 Å². The van der Waals surface area contributed by atoms with Crippen LogP contribution in [-0.4, -0.2) is 10.8 Å². The first-order valence-corrected chi connectivity index (χ1v) is 8.33. The number of carbonyl (C=O) groups excluding carboxylic acids is 1. The third-order valence-corrected chi connectivity index (χ3v) is 5.49. The molecule has 0 spiro atoms. The average molecular weight is 371 g/mol. The summed E-state index contributed by atoms with van der Waals surface area (Å²) in [5.74, 6) is 0.207. The van der Waals surface area contributed by atoms with Gasteiger partial charge in [-0.1, -0.05) is 41.4 Å². The predicted molar refractivity (Wildman–Crippen MR) is 86.7 cm³/mol. The van der Waals surface area contributed by atoms with E-state index >= 15 is 0 Å². The summed E-state index contributed by atoms with van der Waals surface area (Å²) in [6.07, 6.45) is 1.45. The van der Waals surface area contributed by atoms with Gasteiger partial charge in [0.2, 0.25) is 0 Å². The summed E-state index contributed by atoms with van der Waals surface area (Å²) in [5.41, 5.74) is 1.88. The molecule has 0 N–H and O–H groups in total. The summed E-state index contributed by atoms with van der Waals surface area (Å²) in [6.45, 7) is 4.23. The molecule has 1 aliphatic rings. The second-order valence-electron chi connectivity index (χ2n) is 5.86. The highest BCUT2D eigenvalue weighted by Crippen LogP contribution is 2.41. The van der Waals surface area contributed by atoms with Gasteiger partial charge in [0.15, 0.2) is 5.78 Å². The molecule has 104 valence electrons. The van der Waals surface area contributed by atoms with E-state index in [0.29, 0.717) is 11.4 Å². The third kappa shape index (κ3) is 2.57. The van der Waals surface area contributed by atoms with E-state index in [4.69, 9.17) is 11.6 Å². The van der Waals surface area contributed by atoms with Gasteiger partial charge in [-0.05, 0) is 30.0 Å². The van der Waals surface area contributed by atoms with Crippen molar-refractivity contribution in [2.24, 2.45) is 5.41 Å². The molecule has 1 aromatic heterocycles. The zero-order valence-electron chi connectivity index (χ0n) is 11.2. The zero-order chi connectivity index (χ0) is 14.5. The standard InChI is InChI=1S/C15H13BrClNOS/c1-15(2)6-11-13(12(19)7-15)20-14(18-11)9-5-8(17)3-4-10(9)16/h3-5H,6-7H2,1-2H3. The lowest BCUT2D eigenvalue weighted by Crippen LogP contribution is -2.25. The number of hydrogen-bond acceptors (Lipinski definition) is 3. The Morgan fingerprint density at radius 1 is 1.35 bits per heavy atom. The maximum atomic E-state index is 12.2. The highest BCUT2D eigenvalue weighted by atomic mass is 79.9. The maximum absolute atomic E-state index is 12.2. The van der Waals surface area contributed by atoms with E-state index in [1.807, 2.05) is 18.2 Å².